The van der Waals surface area contributed by atoms with Crippen LogP contribution in [0, 0.1) is 0 Å². The number of hydrogen-bond acceptors (Lipinski definition) is 8. The summed E-state index contributed by atoms with van der Waals surface area (Å²) in [5.74, 6) is 1.25. The third kappa shape index (κ3) is 6.34. The van der Waals surface area contributed by atoms with Crippen molar-refractivity contribution in [3.8, 4) is 0 Å². The van der Waals surface area contributed by atoms with Gasteiger partial charge in [-0.25, -0.2) is 4.98 Å². The Morgan fingerprint density at radius 1 is 1.27 bits per heavy atom. The second-order valence-electron chi connectivity index (χ2n) is 6.31. The molecule has 0 fully saturated rings. The summed E-state index contributed by atoms with van der Waals surface area (Å²) in [7, 11) is 0. The molecule has 4 N–H and O–H groups in total. The van der Waals surface area contributed by atoms with Crippen LogP contribution in [0.2, 0.25) is 5.02 Å². The maximum Gasteiger partial charge on any atom is 0.229 e. The van der Waals surface area contributed by atoms with Crippen molar-refractivity contribution in [2.45, 2.75) is 19.5 Å². The molecule has 0 saturated heterocycles. The van der Waals surface area contributed by atoms with Gasteiger partial charge in [-0.3, -0.25) is 9.48 Å². The normalized spacial score (nSPS) is 10.6. The molecule has 0 saturated carbocycles. The number of halogens is 1. The minimum Gasteiger partial charge on any atom is -0.394 e. The van der Waals surface area contributed by atoms with Gasteiger partial charge in [0, 0.05) is 24.8 Å². The van der Waals surface area contributed by atoms with Gasteiger partial charge in [0.25, 0.3) is 0 Å². The molecule has 9 nitrogen and oxygen atoms in total. The van der Waals surface area contributed by atoms with Gasteiger partial charge in [0.2, 0.25) is 11.9 Å². The van der Waals surface area contributed by atoms with E-state index in [1.165, 1.54) is 6.20 Å². The number of thiol groups is 1. The Kier molecular flexibility index (Phi) is 7.89. The molecule has 3 aromatic rings. The van der Waals surface area contributed by atoms with Crippen molar-refractivity contribution in [3.05, 3.63) is 53.4 Å². The number of amides is 1. The number of benzene rings is 1. The number of nitrogens with zero attached hydrogens (tertiary/aromatic N) is 4. The van der Waals surface area contributed by atoms with E-state index in [1.807, 2.05) is 24.3 Å². The van der Waals surface area contributed by atoms with Crippen LogP contribution in [0.1, 0.15) is 12.0 Å². The Bertz CT molecular complexity index is 999. The summed E-state index contributed by atoms with van der Waals surface area (Å²) < 4.78 is 1.61. The number of carbonyl (C=O) groups excluding carboxylic acids is 1. The van der Waals surface area contributed by atoms with Crippen molar-refractivity contribution < 1.29 is 9.90 Å². The molecule has 1 amide bonds. The zero-order chi connectivity index (χ0) is 21.3. The molecule has 0 aliphatic rings. The van der Waals surface area contributed by atoms with Gasteiger partial charge >= 0.3 is 0 Å². The highest BCUT2D eigenvalue weighted by atomic mass is 35.5. The molecule has 2 aromatic heterocycles. The number of aromatic nitrogens is 4. The van der Waals surface area contributed by atoms with E-state index < -0.39 is 0 Å². The number of hydrogen-bond donors (Lipinski definition) is 5. The van der Waals surface area contributed by atoms with Crippen LogP contribution in [0.3, 0.4) is 0 Å². The molecule has 3 rings (SSSR count). The summed E-state index contributed by atoms with van der Waals surface area (Å²) in [6.45, 7) is 0.873. The Labute approximate surface area is 184 Å². The lowest BCUT2D eigenvalue weighted by atomic mass is 10.2. The van der Waals surface area contributed by atoms with Gasteiger partial charge in [-0.15, -0.1) is 0 Å². The molecule has 0 spiro atoms. The fraction of sp³-hybridized carbons (Fsp3) is 0.263. The molecular formula is C19H22ClN7O2S. The smallest absolute Gasteiger partial charge is 0.229 e. The molecule has 11 heteroatoms. The number of nitrogens with one attached hydrogen (secondary N) is 3. The lowest BCUT2D eigenvalue weighted by Gasteiger charge is -2.11. The maximum absolute atomic E-state index is 11.7. The van der Waals surface area contributed by atoms with E-state index in [0.29, 0.717) is 47.7 Å². The zero-order valence-corrected chi connectivity index (χ0v) is 17.7. The molecular weight excluding hydrogens is 426 g/mol. The van der Waals surface area contributed by atoms with Crippen LogP contribution in [-0.2, 0) is 17.9 Å². The van der Waals surface area contributed by atoms with Crippen LogP contribution in [-0.4, -0.2) is 43.1 Å². The fourth-order valence-corrected chi connectivity index (χ4v) is 2.96. The average molecular weight is 448 g/mol. The van der Waals surface area contributed by atoms with Gasteiger partial charge in [0.15, 0.2) is 5.82 Å². The molecule has 0 aliphatic carbocycles. The standard InChI is InChI=1S/C19H22ClN7O2S/c20-16-11-22-19(25-15-10-23-27(12-15)5-6-28)26-18(16)21-9-13-2-1-3-14(8-13)24-17(29)4-7-30/h1-3,8,10-12,28,30H,4-7,9H2,(H,24,29)(H2,21,22,25,26). The molecule has 0 atom stereocenters. The minimum absolute atomic E-state index is 0.00665. The lowest BCUT2D eigenvalue weighted by Crippen LogP contribution is -2.12. The molecule has 0 bridgehead atoms. The van der Waals surface area contributed by atoms with Crippen molar-refractivity contribution in [2.24, 2.45) is 0 Å². The Balaban J connectivity index is 1.63. The molecule has 0 aliphatic heterocycles. The van der Waals surface area contributed by atoms with Crippen LogP contribution < -0.4 is 16.0 Å². The fourth-order valence-electron chi connectivity index (χ4n) is 2.60. The molecule has 30 heavy (non-hydrogen) atoms. The average Bonchev–Trinajstić information content (AvgIpc) is 3.16. The predicted molar refractivity (Wildman–Crippen MR) is 121 cm³/mol. The first-order valence-corrected chi connectivity index (χ1v) is 10.2. The third-order valence-electron chi connectivity index (χ3n) is 3.97. The van der Waals surface area contributed by atoms with E-state index in [4.69, 9.17) is 16.7 Å². The van der Waals surface area contributed by atoms with E-state index in [0.717, 1.165) is 11.3 Å². The molecule has 158 valence electrons. The van der Waals surface area contributed by atoms with Crippen LogP contribution >= 0.6 is 24.2 Å². The molecule has 0 radical (unpaired) electrons. The van der Waals surface area contributed by atoms with E-state index in [1.54, 1.807) is 17.1 Å². The maximum atomic E-state index is 11.7. The summed E-state index contributed by atoms with van der Waals surface area (Å²) >= 11 is 10.3. The Hall–Kier alpha value is -2.82. The van der Waals surface area contributed by atoms with Gasteiger partial charge in [0.05, 0.1) is 31.2 Å². The Morgan fingerprint density at radius 3 is 2.93 bits per heavy atom. The molecule has 0 unspecified atom stereocenters. The van der Waals surface area contributed by atoms with Crippen molar-refractivity contribution >= 4 is 53.3 Å². The van der Waals surface area contributed by atoms with Crippen LogP contribution in [0.25, 0.3) is 0 Å². The lowest BCUT2D eigenvalue weighted by molar-refractivity contribution is -0.115. The first-order chi connectivity index (χ1) is 14.6. The number of aliphatic hydroxyl groups excluding tert-OH is 1. The van der Waals surface area contributed by atoms with E-state index in [2.05, 4.69) is 43.6 Å². The van der Waals surface area contributed by atoms with Crippen molar-refractivity contribution in [2.75, 3.05) is 28.3 Å². The topological polar surface area (TPSA) is 117 Å². The van der Waals surface area contributed by atoms with Crippen molar-refractivity contribution in [1.29, 1.82) is 0 Å². The van der Waals surface area contributed by atoms with Crippen LogP contribution in [0.15, 0.2) is 42.9 Å². The predicted octanol–water partition coefficient (Wildman–Crippen LogP) is 2.93. The highest BCUT2D eigenvalue weighted by Gasteiger charge is 2.08. The van der Waals surface area contributed by atoms with E-state index in [9.17, 15) is 4.79 Å². The summed E-state index contributed by atoms with van der Waals surface area (Å²) in [6.07, 6.45) is 5.23. The van der Waals surface area contributed by atoms with Gasteiger partial charge in [-0.05, 0) is 23.4 Å². The SMILES string of the molecule is O=C(CCS)Nc1cccc(CNc2nc(Nc3cnn(CCO)c3)ncc2Cl)c1. The summed E-state index contributed by atoms with van der Waals surface area (Å²) in [6, 6.07) is 7.51. The second-order valence-corrected chi connectivity index (χ2v) is 7.16. The van der Waals surface area contributed by atoms with Crippen LogP contribution in [0.5, 0.6) is 0 Å². The van der Waals surface area contributed by atoms with Crippen LogP contribution in [0.4, 0.5) is 23.1 Å². The second kappa shape index (κ2) is 10.8. The van der Waals surface area contributed by atoms with Gasteiger partial charge in [0.1, 0.15) is 5.02 Å². The third-order valence-corrected chi connectivity index (χ3v) is 4.47. The van der Waals surface area contributed by atoms with Gasteiger partial charge < -0.3 is 21.1 Å². The highest BCUT2D eigenvalue weighted by Crippen LogP contribution is 2.22. The first kappa shape index (κ1) is 21.9. The quantitative estimate of drug-likeness (QED) is 0.303. The largest absolute Gasteiger partial charge is 0.394 e. The summed E-state index contributed by atoms with van der Waals surface area (Å²) in [5.41, 5.74) is 2.37. The number of aliphatic hydroxyl groups is 1. The van der Waals surface area contributed by atoms with Crippen molar-refractivity contribution in [3.63, 3.8) is 0 Å². The molecule has 2 heterocycles. The van der Waals surface area contributed by atoms with Gasteiger partial charge in [-0.1, -0.05) is 23.7 Å². The van der Waals surface area contributed by atoms with Crippen molar-refractivity contribution in [1.82, 2.24) is 19.7 Å². The Morgan fingerprint density at radius 2 is 2.13 bits per heavy atom. The number of carbonyl (C=O) groups is 1. The van der Waals surface area contributed by atoms with E-state index in [-0.39, 0.29) is 12.5 Å². The highest BCUT2D eigenvalue weighted by molar-refractivity contribution is 7.80. The first-order valence-electron chi connectivity index (χ1n) is 9.24. The minimum atomic E-state index is -0.0769. The number of rotatable bonds is 10. The summed E-state index contributed by atoms with van der Waals surface area (Å²) in [4.78, 5) is 20.3. The summed E-state index contributed by atoms with van der Waals surface area (Å²) in [5, 5.41) is 22.6. The zero-order valence-electron chi connectivity index (χ0n) is 16.0. The molecule has 1 aromatic carbocycles. The number of anilines is 4. The van der Waals surface area contributed by atoms with E-state index >= 15 is 0 Å². The monoisotopic (exact) mass is 447 g/mol. The van der Waals surface area contributed by atoms with Gasteiger partial charge in [-0.2, -0.15) is 22.7 Å².